The molecule has 1 aromatic rings. The fourth-order valence-electron chi connectivity index (χ4n) is 3.57. The predicted octanol–water partition coefficient (Wildman–Crippen LogP) is 2.22. The second kappa shape index (κ2) is 5.18. The molecule has 5 heteroatoms. The molecule has 24 heavy (non-hydrogen) atoms. The van der Waals surface area contributed by atoms with E-state index in [1.54, 1.807) is 6.20 Å². The van der Waals surface area contributed by atoms with Gasteiger partial charge in [0.2, 0.25) is 0 Å². The molecule has 1 aliphatic heterocycles. The Bertz CT molecular complexity index is 857. The fourth-order valence-corrected chi connectivity index (χ4v) is 3.57. The van der Waals surface area contributed by atoms with Crippen LogP contribution in [0, 0.1) is 5.92 Å². The lowest BCUT2D eigenvalue weighted by Gasteiger charge is -2.29. The van der Waals surface area contributed by atoms with Gasteiger partial charge in [-0.3, -0.25) is 4.79 Å². The summed E-state index contributed by atoms with van der Waals surface area (Å²) < 4.78 is 5.40. The van der Waals surface area contributed by atoms with E-state index in [0.717, 1.165) is 35.7 Å². The van der Waals surface area contributed by atoms with Crippen molar-refractivity contribution < 1.29 is 9.53 Å². The zero-order valence-electron chi connectivity index (χ0n) is 13.2. The number of amides is 1. The Morgan fingerprint density at radius 2 is 2.17 bits per heavy atom. The quantitative estimate of drug-likeness (QED) is 0.928. The maximum absolute atomic E-state index is 12.8. The molecule has 1 unspecified atom stereocenters. The van der Waals surface area contributed by atoms with E-state index in [1.807, 2.05) is 18.2 Å². The Morgan fingerprint density at radius 3 is 3.04 bits per heavy atom. The zero-order chi connectivity index (χ0) is 16.1. The summed E-state index contributed by atoms with van der Waals surface area (Å²) in [6.07, 6.45) is 10.1. The number of morpholine rings is 1. The molecule has 5 rings (SSSR count). The summed E-state index contributed by atoms with van der Waals surface area (Å²) in [6, 6.07) is 3.75. The highest BCUT2D eigenvalue weighted by atomic mass is 16.5. The smallest absolute Gasteiger partial charge is 0.256 e. The fraction of sp³-hybridized carbons (Fsp3) is 0.263. The number of ether oxygens (including phenoxy) is 1. The van der Waals surface area contributed by atoms with Crippen molar-refractivity contribution in [3.8, 4) is 0 Å². The zero-order valence-corrected chi connectivity index (χ0v) is 13.2. The van der Waals surface area contributed by atoms with Gasteiger partial charge in [0, 0.05) is 30.8 Å². The summed E-state index contributed by atoms with van der Waals surface area (Å²) in [5.41, 5.74) is 5.17. The normalized spacial score (nSPS) is 23.7. The Kier molecular flexibility index (Phi) is 2.97. The molecule has 0 radical (unpaired) electrons. The van der Waals surface area contributed by atoms with Crippen molar-refractivity contribution in [2.75, 3.05) is 36.5 Å². The van der Waals surface area contributed by atoms with Gasteiger partial charge in [0.25, 0.3) is 5.91 Å². The third-order valence-corrected chi connectivity index (χ3v) is 4.88. The van der Waals surface area contributed by atoms with Crippen LogP contribution >= 0.6 is 0 Å². The lowest BCUT2D eigenvalue weighted by Crippen LogP contribution is -2.37. The molecule has 1 aromatic heterocycles. The van der Waals surface area contributed by atoms with Crippen LogP contribution in [0.3, 0.4) is 0 Å². The molecular formula is C19H17N3O2. The average Bonchev–Trinajstić information content (AvgIpc) is 3.10. The van der Waals surface area contributed by atoms with Crippen LogP contribution in [0.5, 0.6) is 0 Å². The summed E-state index contributed by atoms with van der Waals surface area (Å²) in [5.74, 6) is 1.20. The highest BCUT2D eigenvalue weighted by Gasteiger charge is 2.39. The summed E-state index contributed by atoms with van der Waals surface area (Å²) >= 11 is 0. The largest absolute Gasteiger partial charge is 0.378 e. The van der Waals surface area contributed by atoms with Gasteiger partial charge in [-0.05, 0) is 41.0 Å². The van der Waals surface area contributed by atoms with Gasteiger partial charge in [-0.2, -0.15) is 0 Å². The van der Waals surface area contributed by atoms with Gasteiger partial charge in [-0.15, -0.1) is 0 Å². The maximum atomic E-state index is 12.8. The number of hydrogen-bond donors (Lipinski definition) is 1. The molecular weight excluding hydrogens is 302 g/mol. The molecule has 1 N–H and O–H groups in total. The minimum absolute atomic E-state index is 0.0723. The molecule has 5 nitrogen and oxygen atoms in total. The minimum Gasteiger partial charge on any atom is -0.378 e. The second-order valence-electron chi connectivity index (χ2n) is 6.33. The van der Waals surface area contributed by atoms with Gasteiger partial charge >= 0.3 is 0 Å². The van der Waals surface area contributed by atoms with Crippen molar-refractivity contribution in [1.29, 1.82) is 0 Å². The second-order valence-corrected chi connectivity index (χ2v) is 6.33. The average molecular weight is 319 g/mol. The first-order valence-corrected chi connectivity index (χ1v) is 8.26. The number of pyridine rings is 1. The van der Waals surface area contributed by atoms with Crippen LogP contribution in [0.4, 0.5) is 11.5 Å². The van der Waals surface area contributed by atoms with Crippen LogP contribution in [0.2, 0.25) is 0 Å². The van der Waals surface area contributed by atoms with Crippen molar-refractivity contribution in [3.63, 3.8) is 0 Å². The first kappa shape index (κ1) is 13.7. The molecule has 3 aliphatic carbocycles. The topological polar surface area (TPSA) is 54.5 Å². The Labute approximate surface area is 140 Å². The molecule has 4 aliphatic rings. The van der Waals surface area contributed by atoms with Crippen LogP contribution in [-0.2, 0) is 9.53 Å². The molecule has 1 atom stereocenters. The van der Waals surface area contributed by atoms with Crippen LogP contribution in [-0.4, -0.2) is 37.2 Å². The molecule has 1 saturated heterocycles. The number of rotatable bonds is 3. The summed E-state index contributed by atoms with van der Waals surface area (Å²) in [6.45, 7) is 2.95. The van der Waals surface area contributed by atoms with Gasteiger partial charge in [0.15, 0.2) is 5.82 Å². The standard InChI is InChI=1S/C19H17N3O2/c23-19(14-4-3-13-15-10-12(15)11-16(13)14)21-17-2-1-5-20-18(17)22-6-8-24-9-7-22/h1-5,10-11,15H,6-9H2,(H,21,23). The van der Waals surface area contributed by atoms with Crippen molar-refractivity contribution in [2.45, 2.75) is 0 Å². The monoisotopic (exact) mass is 319 g/mol. The number of carbonyl (C=O) groups is 1. The molecule has 0 spiro atoms. The van der Waals surface area contributed by atoms with Crippen LogP contribution in [0.25, 0.3) is 0 Å². The highest BCUT2D eigenvalue weighted by Crippen LogP contribution is 2.51. The van der Waals surface area contributed by atoms with Crippen molar-refractivity contribution >= 4 is 17.4 Å². The van der Waals surface area contributed by atoms with E-state index in [-0.39, 0.29) is 5.91 Å². The van der Waals surface area contributed by atoms with Crippen LogP contribution in [0.1, 0.15) is 0 Å². The van der Waals surface area contributed by atoms with Crippen LogP contribution in [0.15, 0.2) is 64.9 Å². The molecule has 1 amide bonds. The molecule has 0 aromatic carbocycles. The molecule has 2 heterocycles. The Balaban J connectivity index is 1.38. The van der Waals surface area contributed by atoms with E-state index in [0.29, 0.717) is 19.1 Å². The Morgan fingerprint density at radius 1 is 1.29 bits per heavy atom. The SMILES string of the molecule is O=C(Nc1cccnc1N1CCOCC1)C1=CC=C2C1=CC1=CC12. The lowest BCUT2D eigenvalue weighted by atomic mass is 10.0. The number of nitrogens with zero attached hydrogens (tertiary/aromatic N) is 2. The van der Waals surface area contributed by atoms with E-state index >= 15 is 0 Å². The lowest BCUT2D eigenvalue weighted by molar-refractivity contribution is -0.112. The van der Waals surface area contributed by atoms with Gasteiger partial charge in [0.1, 0.15) is 0 Å². The summed E-state index contributed by atoms with van der Waals surface area (Å²) in [7, 11) is 0. The number of allylic oxidation sites excluding steroid dienone is 6. The first-order valence-electron chi connectivity index (χ1n) is 8.26. The first-order chi connectivity index (χ1) is 11.8. The molecule has 0 saturated carbocycles. The number of fused-ring (bicyclic) bond motifs is 3. The maximum Gasteiger partial charge on any atom is 0.256 e. The molecule has 120 valence electrons. The van der Waals surface area contributed by atoms with Crippen molar-refractivity contribution in [1.82, 2.24) is 4.98 Å². The van der Waals surface area contributed by atoms with E-state index in [2.05, 4.69) is 33.4 Å². The highest BCUT2D eigenvalue weighted by molar-refractivity contribution is 6.10. The van der Waals surface area contributed by atoms with Gasteiger partial charge in [-0.1, -0.05) is 12.2 Å². The third kappa shape index (κ3) is 2.12. The third-order valence-electron chi connectivity index (χ3n) is 4.88. The van der Waals surface area contributed by atoms with Crippen molar-refractivity contribution in [2.24, 2.45) is 5.92 Å². The van der Waals surface area contributed by atoms with E-state index < -0.39 is 0 Å². The van der Waals surface area contributed by atoms with Gasteiger partial charge in [0.05, 0.1) is 18.9 Å². The van der Waals surface area contributed by atoms with Crippen molar-refractivity contribution in [3.05, 3.63) is 64.9 Å². The van der Waals surface area contributed by atoms with E-state index in [4.69, 9.17) is 4.74 Å². The van der Waals surface area contributed by atoms with Crippen LogP contribution < -0.4 is 10.2 Å². The number of hydrogen-bond acceptors (Lipinski definition) is 4. The van der Waals surface area contributed by atoms with E-state index in [9.17, 15) is 4.79 Å². The minimum atomic E-state index is -0.0723. The number of anilines is 2. The number of nitrogens with one attached hydrogen (secondary N) is 1. The molecule has 1 fully saturated rings. The summed E-state index contributed by atoms with van der Waals surface area (Å²) in [4.78, 5) is 19.4. The van der Waals surface area contributed by atoms with E-state index in [1.165, 1.54) is 11.1 Å². The number of carbonyl (C=O) groups excluding carboxylic acids is 1. The summed E-state index contributed by atoms with van der Waals surface area (Å²) in [5, 5.41) is 3.05. The number of aromatic nitrogens is 1. The predicted molar refractivity (Wildman–Crippen MR) is 91.7 cm³/mol. The molecule has 0 bridgehead atoms. The Hall–Kier alpha value is -2.66. The van der Waals surface area contributed by atoms with Gasteiger partial charge < -0.3 is 15.0 Å². The van der Waals surface area contributed by atoms with Gasteiger partial charge in [-0.25, -0.2) is 4.98 Å².